The van der Waals surface area contributed by atoms with Crippen LogP contribution in [-0.2, 0) is 0 Å². The van der Waals surface area contributed by atoms with Crippen LogP contribution in [0.5, 0.6) is 0 Å². The van der Waals surface area contributed by atoms with Gasteiger partial charge in [0.25, 0.3) is 0 Å². The summed E-state index contributed by atoms with van der Waals surface area (Å²) in [7, 11) is -0.492. The Kier molecular flexibility index (Phi) is 4.61. The van der Waals surface area contributed by atoms with Gasteiger partial charge in [0.05, 0.1) is 0 Å². The van der Waals surface area contributed by atoms with E-state index in [0.717, 1.165) is 0 Å². The molecule has 0 amide bonds. The van der Waals surface area contributed by atoms with E-state index in [-0.39, 0.29) is 0 Å². The van der Waals surface area contributed by atoms with Crippen molar-refractivity contribution in [2.24, 2.45) is 0 Å². The van der Waals surface area contributed by atoms with Gasteiger partial charge in [-0.05, 0) is 0 Å². The van der Waals surface area contributed by atoms with Crippen LogP contribution in [0.4, 0.5) is 0 Å². The maximum absolute atomic E-state index is 2.36. The fourth-order valence-electron chi connectivity index (χ4n) is 2.04. The van der Waals surface area contributed by atoms with Crippen molar-refractivity contribution in [3.05, 3.63) is 71.8 Å². The van der Waals surface area contributed by atoms with Crippen molar-refractivity contribution in [1.29, 1.82) is 0 Å². The predicted octanol–water partition coefficient (Wildman–Crippen LogP) is 4.02. The van der Waals surface area contributed by atoms with Crippen molar-refractivity contribution in [3.8, 4) is 0 Å². The van der Waals surface area contributed by atoms with E-state index in [9.17, 15) is 0 Å². The Morgan fingerprint density at radius 3 is 1.67 bits per heavy atom. The van der Waals surface area contributed by atoms with Crippen LogP contribution in [0.2, 0.25) is 13.1 Å². The summed E-state index contributed by atoms with van der Waals surface area (Å²) in [5.74, 6) is 0. The number of benzene rings is 2. The summed E-state index contributed by atoms with van der Waals surface area (Å²) in [6, 6.07) is 21.5. The minimum absolute atomic E-state index is 0.492. The van der Waals surface area contributed by atoms with E-state index < -0.39 is 8.80 Å². The Bertz CT molecular complexity index is 530. The second-order valence-corrected chi connectivity index (χ2v) is 8.03. The third kappa shape index (κ3) is 3.03. The Labute approximate surface area is 120 Å². The van der Waals surface area contributed by atoms with Crippen molar-refractivity contribution < 1.29 is 0 Å². The van der Waals surface area contributed by atoms with Gasteiger partial charge in [0.2, 0.25) is 0 Å². The molecule has 0 fully saturated rings. The number of hydrogen-bond acceptors (Lipinski definition) is 0. The first kappa shape index (κ1) is 13.4. The van der Waals surface area contributed by atoms with Crippen LogP contribution in [-0.4, -0.2) is 25.3 Å². The zero-order chi connectivity index (χ0) is 13.0. The Morgan fingerprint density at radius 1 is 0.778 bits per heavy atom. The molecule has 0 heterocycles. The van der Waals surface area contributed by atoms with Crippen LogP contribution in [0.3, 0.4) is 0 Å². The molecule has 0 saturated carbocycles. The molecule has 2 heteroatoms. The monoisotopic (exact) mass is 310 g/mol. The third-order valence-electron chi connectivity index (χ3n) is 2.87. The van der Waals surface area contributed by atoms with Crippen LogP contribution in [0.1, 0.15) is 11.1 Å². The molecule has 0 N–H and O–H groups in total. The fraction of sp³-hybridized carbons (Fsp3) is 0.125. The molecule has 2 rings (SSSR count). The average molecular weight is 309 g/mol. The Balaban J connectivity index is 2.55. The number of rotatable bonds is 3. The van der Waals surface area contributed by atoms with Gasteiger partial charge in [-0.15, -0.1) is 0 Å². The second-order valence-electron chi connectivity index (χ2n) is 4.48. The van der Waals surface area contributed by atoms with Crippen LogP contribution < -0.4 is 0 Å². The molecule has 0 unspecified atom stereocenters. The quantitative estimate of drug-likeness (QED) is 0.593. The molecule has 2 aromatic carbocycles. The van der Waals surface area contributed by atoms with Gasteiger partial charge in [0.1, 0.15) is 0 Å². The molecule has 0 aliphatic heterocycles. The van der Waals surface area contributed by atoms with E-state index in [4.69, 9.17) is 0 Å². The standard InChI is InChI=1S/C16H16GeSi/c1-18(2)16(14-11-7-4-8-12-14)15(17)13-9-5-3-6-10-13/h3-12H,1-2H3/b16-15-. The van der Waals surface area contributed by atoms with Gasteiger partial charge in [-0.3, -0.25) is 0 Å². The Morgan fingerprint density at radius 2 is 1.22 bits per heavy atom. The van der Waals surface area contributed by atoms with Crippen molar-refractivity contribution in [2.75, 3.05) is 0 Å². The van der Waals surface area contributed by atoms with Crippen LogP contribution >= 0.6 is 0 Å². The summed E-state index contributed by atoms with van der Waals surface area (Å²) in [4.78, 5) is 0. The molecule has 0 bridgehead atoms. The third-order valence-corrected chi connectivity index (χ3v) is 6.07. The summed E-state index contributed by atoms with van der Waals surface area (Å²) in [6.45, 7) is 4.72. The molecule has 0 aromatic heterocycles. The summed E-state index contributed by atoms with van der Waals surface area (Å²) in [5.41, 5.74) is 2.71. The van der Waals surface area contributed by atoms with Crippen molar-refractivity contribution in [3.63, 3.8) is 0 Å². The molecule has 18 heavy (non-hydrogen) atoms. The van der Waals surface area contributed by atoms with E-state index in [1.165, 1.54) is 20.7 Å². The van der Waals surface area contributed by atoms with Crippen LogP contribution in [0.25, 0.3) is 9.60 Å². The van der Waals surface area contributed by atoms with Gasteiger partial charge in [0, 0.05) is 0 Å². The molecule has 4 radical (unpaired) electrons. The van der Waals surface area contributed by atoms with Gasteiger partial charge < -0.3 is 0 Å². The fourth-order valence-corrected chi connectivity index (χ4v) is 5.65. The molecular weight excluding hydrogens is 293 g/mol. The molecular formula is C16H16GeSi. The van der Waals surface area contributed by atoms with E-state index >= 15 is 0 Å². The van der Waals surface area contributed by atoms with Gasteiger partial charge >= 0.3 is 120 Å². The first-order chi connectivity index (χ1) is 8.70. The zero-order valence-corrected chi connectivity index (χ0v) is 13.9. The molecule has 88 valence electrons. The molecule has 0 spiro atoms. The molecule has 2 aromatic rings. The first-order valence-corrected chi connectivity index (χ1v) is 9.62. The van der Waals surface area contributed by atoms with Crippen LogP contribution in [0, 0.1) is 0 Å². The van der Waals surface area contributed by atoms with Gasteiger partial charge in [-0.1, -0.05) is 0 Å². The molecule has 0 aliphatic carbocycles. The van der Waals surface area contributed by atoms with Crippen molar-refractivity contribution >= 4 is 34.9 Å². The normalized spacial score (nSPS) is 12.4. The molecule has 0 atom stereocenters. The molecule has 0 saturated heterocycles. The summed E-state index contributed by atoms with van der Waals surface area (Å²) >= 11 is 2.25. The maximum atomic E-state index is 2.36. The summed E-state index contributed by atoms with van der Waals surface area (Å²) in [5, 5.41) is 1.53. The average Bonchev–Trinajstić information content (AvgIpc) is 2.40. The Hall–Kier alpha value is -1.06. The second kappa shape index (κ2) is 6.21. The van der Waals surface area contributed by atoms with E-state index in [1.807, 2.05) is 0 Å². The SMILES string of the molecule is C[Si](C)/C(=[C](\[Ge])c1ccccc1)c1ccccc1. The van der Waals surface area contributed by atoms with Crippen molar-refractivity contribution in [2.45, 2.75) is 13.1 Å². The van der Waals surface area contributed by atoms with E-state index in [2.05, 4.69) is 90.3 Å². The topological polar surface area (TPSA) is 0 Å². The van der Waals surface area contributed by atoms with Crippen molar-refractivity contribution in [1.82, 2.24) is 0 Å². The zero-order valence-electron chi connectivity index (χ0n) is 10.8. The predicted molar refractivity (Wildman–Crippen MR) is 82.9 cm³/mol. The molecule has 0 aliphatic rings. The number of hydrogen-bond donors (Lipinski definition) is 0. The van der Waals surface area contributed by atoms with Gasteiger partial charge in [0.15, 0.2) is 0 Å². The van der Waals surface area contributed by atoms with Gasteiger partial charge in [-0.2, -0.15) is 0 Å². The van der Waals surface area contributed by atoms with Gasteiger partial charge in [-0.25, -0.2) is 0 Å². The summed E-state index contributed by atoms with van der Waals surface area (Å²) < 4.78 is 1.42. The summed E-state index contributed by atoms with van der Waals surface area (Å²) in [6.07, 6.45) is 0. The minimum atomic E-state index is -0.492. The van der Waals surface area contributed by atoms with Crippen LogP contribution in [0.15, 0.2) is 60.7 Å². The first-order valence-electron chi connectivity index (χ1n) is 6.07. The van der Waals surface area contributed by atoms with E-state index in [0.29, 0.717) is 0 Å². The van der Waals surface area contributed by atoms with E-state index in [1.54, 1.807) is 0 Å². The molecule has 0 nitrogen and oxygen atoms in total.